The first-order valence-electron chi connectivity index (χ1n) is 10.8. The molecule has 0 spiro atoms. The largest absolute Gasteiger partial charge is 0.489 e. The molecule has 4 nitrogen and oxygen atoms in total. The summed E-state index contributed by atoms with van der Waals surface area (Å²) in [4.78, 5) is 15.1. The van der Waals surface area contributed by atoms with Crippen LogP contribution in [-0.4, -0.2) is 23.9 Å². The fraction of sp³-hybridized carbons (Fsp3) is 0.269. The van der Waals surface area contributed by atoms with Crippen LogP contribution in [0.3, 0.4) is 0 Å². The van der Waals surface area contributed by atoms with Gasteiger partial charge < -0.3 is 10.1 Å². The van der Waals surface area contributed by atoms with E-state index in [-0.39, 0.29) is 11.8 Å². The van der Waals surface area contributed by atoms with E-state index >= 15 is 0 Å². The minimum atomic E-state index is -0.0520. The number of ether oxygens (including phenoxy) is 1. The molecule has 1 fully saturated rings. The Morgan fingerprint density at radius 3 is 2.56 bits per heavy atom. The lowest BCUT2D eigenvalue weighted by atomic mass is 9.96. The number of likely N-dealkylation sites (tertiary alicyclic amines) is 1. The van der Waals surface area contributed by atoms with Crippen LogP contribution in [0.4, 0.5) is 5.69 Å². The molecule has 1 aliphatic heterocycles. The van der Waals surface area contributed by atoms with Gasteiger partial charge in [-0.25, -0.2) is 0 Å². The molecule has 4 rings (SSSR count). The number of nitrogens with zero attached hydrogens (tertiary/aromatic N) is 1. The predicted molar refractivity (Wildman–Crippen MR) is 130 cm³/mol. The highest BCUT2D eigenvalue weighted by Crippen LogP contribution is 2.26. The lowest BCUT2D eigenvalue weighted by molar-refractivity contribution is -0.121. The molecule has 1 aliphatic rings. The number of anilines is 1. The van der Waals surface area contributed by atoms with Crippen molar-refractivity contribution in [3.05, 3.63) is 94.0 Å². The molecule has 3 aromatic carbocycles. The van der Waals surface area contributed by atoms with Crippen LogP contribution >= 0.6 is 23.2 Å². The molecular weight excluding hydrogens is 443 g/mol. The third-order valence-corrected chi connectivity index (χ3v) is 6.24. The van der Waals surface area contributed by atoms with Crippen molar-refractivity contribution in [1.82, 2.24) is 4.90 Å². The van der Waals surface area contributed by atoms with E-state index in [0.29, 0.717) is 29.7 Å². The summed E-state index contributed by atoms with van der Waals surface area (Å²) in [7, 11) is 0. The molecule has 0 radical (unpaired) electrons. The molecule has 32 heavy (non-hydrogen) atoms. The Hall–Kier alpha value is -2.53. The van der Waals surface area contributed by atoms with Crippen LogP contribution in [0.25, 0.3) is 0 Å². The van der Waals surface area contributed by atoms with Crippen LogP contribution in [0.15, 0.2) is 72.8 Å². The van der Waals surface area contributed by atoms with Crippen molar-refractivity contribution < 1.29 is 9.53 Å². The van der Waals surface area contributed by atoms with Gasteiger partial charge >= 0.3 is 0 Å². The minimum absolute atomic E-state index is 0.0508. The number of hydrogen-bond acceptors (Lipinski definition) is 3. The second-order valence-corrected chi connectivity index (χ2v) is 8.94. The van der Waals surface area contributed by atoms with Crippen molar-refractivity contribution >= 4 is 34.8 Å². The van der Waals surface area contributed by atoms with Crippen LogP contribution < -0.4 is 10.1 Å². The third kappa shape index (κ3) is 6.26. The van der Waals surface area contributed by atoms with Crippen LogP contribution in [0.5, 0.6) is 5.75 Å². The van der Waals surface area contributed by atoms with E-state index in [1.54, 1.807) is 6.07 Å². The molecule has 1 amide bonds. The summed E-state index contributed by atoms with van der Waals surface area (Å²) in [6.45, 7) is 2.90. The van der Waals surface area contributed by atoms with Gasteiger partial charge in [-0.05, 0) is 66.9 Å². The first-order valence-corrected chi connectivity index (χ1v) is 11.6. The van der Waals surface area contributed by atoms with Crippen LogP contribution in [0, 0.1) is 5.92 Å². The molecule has 3 aromatic rings. The quantitative estimate of drug-likeness (QED) is 0.434. The van der Waals surface area contributed by atoms with Gasteiger partial charge in [0.05, 0.1) is 5.92 Å². The first-order chi connectivity index (χ1) is 15.6. The molecule has 166 valence electrons. The summed E-state index contributed by atoms with van der Waals surface area (Å²) >= 11 is 12.3. The first kappa shape index (κ1) is 22.7. The highest BCUT2D eigenvalue weighted by atomic mass is 35.5. The van der Waals surface area contributed by atoms with Crippen molar-refractivity contribution in [3.63, 3.8) is 0 Å². The molecule has 1 atom stereocenters. The maximum atomic E-state index is 12.9. The SMILES string of the molecule is O=C(Nc1ccc(OCc2ccccc2)cc1)C1CCCN(Cc2ccc(Cl)cc2Cl)C1. The van der Waals surface area contributed by atoms with E-state index in [9.17, 15) is 4.79 Å². The average Bonchev–Trinajstić information content (AvgIpc) is 2.81. The van der Waals surface area contributed by atoms with Gasteiger partial charge in [0.2, 0.25) is 5.91 Å². The van der Waals surface area contributed by atoms with Crippen molar-refractivity contribution in [1.29, 1.82) is 0 Å². The van der Waals surface area contributed by atoms with Gasteiger partial charge in [-0.2, -0.15) is 0 Å². The third-order valence-electron chi connectivity index (χ3n) is 5.66. The van der Waals surface area contributed by atoms with Crippen LogP contribution in [0.2, 0.25) is 10.0 Å². The molecule has 0 aliphatic carbocycles. The smallest absolute Gasteiger partial charge is 0.228 e. The van der Waals surface area contributed by atoms with Gasteiger partial charge in [-0.15, -0.1) is 0 Å². The maximum Gasteiger partial charge on any atom is 0.228 e. The van der Waals surface area contributed by atoms with Gasteiger partial charge in [0.1, 0.15) is 12.4 Å². The number of halogens is 2. The molecule has 0 saturated carbocycles. The topological polar surface area (TPSA) is 41.6 Å². The molecular formula is C26H26Cl2N2O2. The van der Waals surface area contributed by atoms with Gasteiger partial charge in [-0.1, -0.05) is 59.6 Å². The summed E-state index contributed by atoms with van der Waals surface area (Å²) in [6, 6.07) is 23.1. The summed E-state index contributed by atoms with van der Waals surface area (Å²) in [6.07, 6.45) is 1.87. The Balaban J connectivity index is 1.29. The molecule has 1 heterocycles. The van der Waals surface area contributed by atoms with E-state index in [0.717, 1.165) is 42.0 Å². The molecule has 1 unspecified atom stereocenters. The lowest BCUT2D eigenvalue weighted by Crippen LogP contribution is -2.40. The Labute approximate surface area is 199 Å². The Bertz CT molecular complexity index is 1040. The average molecular weight is 469 g/mol. The number of carbonyl (C=O) groups excluding carboxylic acids is 1. The molecule has 6 heteroatoms. The Morgan fingerprint density at radius 1 is 1.03 bits per heavy atom. The Kier molecular flexibility index (Phi) is 7.69. The standard InChI is InChI=1S/C26H26Cl2N2O2/c27-22-9-8-20(25(28)15-22)16-30-14-4-7-21(17-30)26(31)29-23-10-12-24(13-11-23)32-18-19-5-2-1-3-6-19/h1-3,5-6,8-13,15,21H,4,7,14,16-18H2,(H,29,31). The Morgan fingerprint density at radius 2 is 1.81 bits per heavy atom. The molecule has 1 saturated heterocycles. The fourth-order valence-electron chi connectivity index (χ4n) is 3.92. The second-order valence-electron chi connectivity index (χ2n) is 8.10. The van der Waals surface area contributed by atoms with E-state index in [1.807, 2.05) is 66.7 Å². The van der Waals surface area contributed by atoms with Gasteiger partial charge in [0.15, 0.2) is 0 Å². The fourth-order valence-corrected chi connectivity index (χ4v) is 4.39. The van der Waals surface area contributed by atoms with Gasteiger partial charge in [0.25, 0.3) is 0 Å². The van der Waals surface area contributed by atoms with E-state index < -0.39 is 0 Å². The van der Waals surface area contributed by atoms with Crippen LogP contribution in [0.1, 0.15) is 24.0 Å². The summed E-state index contributed by atoms with van der Waals surface area (Å²) in [5.41, 5.74) is 2.93. The predicted octanol–water partition coefficient (Wildman–Crippen LogP) is 6.42. The minimum Gasteiger partial charge on any atom is -0.489 e. The zero-order valence-electron chi connectivity index (χ0n) is 17.8. The number of benzene rings is 3. The normalized spacial score (nSPS) is 16.5. The number of carbonyl (C=O) groups is 1. The van der Waals surface area contributed by atoms with Crippen LogP contribution in [-0.2, 0) is 17.9 Å². The number of nitrogens with one attached hydrogen (secondary N) is 1. The zero-order chi connectivity index (χ0) is 22.3. The van der Waals surface area contributed by atoms with E-state index in [4.69, 9.17) is 27.9 Å². The maximum absolute atomic E-state index is 12.9. The number of amides is 1. The van der Waals surface area contributed by atoms with E-state index in [1.165, 1.54) is 0 Å². The van der Waals surface area contributed by atoms with Gasteiger partial charge in [0, 0.05) is 28.8 Å². The molecule has 0 bridgehead atoms. The van der Waals surface area contributed by atoms with Crippen molar-refractivity contribution in [2.45, 2.75) is 26.0 Å². The van der Waals surface area contributed by atoms with E-state index in [2.05, 4.69) is 10.2 Å². The van der Waals surface area contributed by atoms with Crippen molar-refractivity contribution in [2.75, 3.05) is 18.4 Å². The summed E-state index contributed by atoms with van der Waals surface area (Å²) in [5.74, 6) is 0.772. The van der Waals surface area contributed by atoms with Crippen molar-refractivity contribution in [2.24, 2.45) is 5.92 Å². The number of rotatable bonds is 7. The molecule has 0 aromatic heterocycles. The number of hydrogen-bond donors (Lipinski definition) is 1. The lowest BCUT2D eigenvalue weighted by Gasteiger charge is -2.32. The second kappa shape index (κ2) is 10.9. The summed E-state index contributed by atoms with van der Waals surface area (Å²) < 4.78 is 5.82. The zero-order valence-corrected chi connectivity index (χ0v) is 19.3. The highest BCUT2D eigenvalue weighted by Gasteiger charge is 2.26. The number of piperidine rings is 1. The van der Waals surface area contributed by atoms with Crippen molar-refractivity contribution in [3.8, 4) is 5.75 Å². The monoisotopic (exact) mass is 468 g/mol. The summed E-state index contributed by atoms with van der Waals surface area (Å²) in [5, 5.41) is 4.35. The highest BCUT2D eigenvalue weighted by molar-refractivity contribution is 6.35. The molecule has 1 N–H and O–H groups in total. The van der Waals surface area contributed by atoms with Gasteiger partial charge in [-0.3, -0.25) is 9.69 Å².